The largest absolute Gasteiger partial charge is 0.383 e. The third kappa shape index (κ3) is 4.41. The van der Waals surface area contributed by atoms with Gasteiger partial charge in [0, 0.05) is 6.42 Å². The van der Waals surface area contributed by atoms with E-state index >= 15 is 0 Å². The van der Waals surface area contributed by atoms with Crippen LogP contribution in [0.15, 0.2) is 36.4 Å². The van der Waals surface area contributed by atoms with Crippen molar-refractivity contribution in [3.8, 4) is 0 Å². The minimum absolute atomic E-state index is 0.120. The molecule has 0 aliphatic carbocycles. The third-order valence-corrected chi connectivity index (χ3v) is 2.33. The van der Waals surface area contributed by atoms with Crippen molar-refractivity contribution in [2.45, 2.75) is 32.3 Å². The third-order valence-electron chi connectivity index (χ3n) is 2.33. The molecule has 0 saturated heterocycles. The van der Waals surface area contributed by atoms with E-state index in [0.29, 0.717) is 12.8 Å². The van der Waals surface area contributed by atoms with Gasteiger partial charge in [-0.15, -0.1) is 0 Å². The minimum atomic E-state index is -1.21. The van der Waals surface area contributed by atoms with Gasteiger partial charge >= 0.3 is 0 Å². The highest BCUT2D eigenvalue weighted by atomic mass is 16.3. The number of Topliss-reactive ketones (excluding diaryl/α,β-unsaturated/α-hetero) is 1. The maximum absolute atomic E-state index is 11.4. The summed E-state index contributed by atoms with van der Waals surface area (Å²) in [5.41, 5.74) is -0.0844. The van der Waals surface area contributed by atoms with Crippen molar-refractivity contribution >= 4 is 11.9 Å². The van der Waals surface area contributed by atoms with Gasteiger partial charge in [-0.3, -0.25) is 4.79 Å². The maximum Gasteiger partial charge on any atom is 0.164 e. The first-order chi connectivity index (χ1) is 7.50. The van der Waals surface area contributed by atoms with Gasteiger partial charge in [0.2, 0.25) is 0 Å². The molecule has 0 fully saturated rings. The molecule has 2 nitrogen and oxygen atoms in total. The summed E-state index contributed by atoms with van der Waals surface area (Å²) >= 11 is 0. The van der Waals surface area contributed by atoms with E-state index in [1.165, 1.54) is 13.8 Å². The standard InChI is InChI=1S/C14H18O2/c1-14(2,16)13(15)11-7-6-10-12-8-4-3-5-9-12/h3-6,8-10,16H,7,11H2,1-2H3/b10-6+. The molecule has 2 heteroatoms. The van der Waals surface area contributed by atoms with Crippen LogP contribution in [0.4, 0.5) is 0 Å². The highest BCUT2D eigenvalue weighted by Gasteiger charge is 2.21. The van der Waals surface area contributed by atoms with Gasteiger partial charge in [0.15, 0.2) is 5.78 Å². The van der Waals surface area contributed by atoms with Gasteiger partial charge in [0.05, 0.1) is 0 Å². The predicted molar refractivity (Wildman–Crippen MR) is 66.0 cm³/mol. The lowest BCUT2D eigenvalue weighted by Gasteiger charge is -2.14. The van der Waals surface area contributed by atoms with Crippen LogP contribution < -0.4 is 0 Å². The lowest BCUT2D eigenvalue weighted by molar-refractivity contribution is -0.133. The molecule has 0 aromatic heterocycles. The van der Waals surface area contributed by atoms with E-state index in [-0.39, 0.29) is 5.78 Å². The van der Waals surface area contributed by atoms with Gasteiger partial charge in [0.1, 0.15) is 5.60 Å². The Morgan fingerprint density at radius 1 is 1.31 bits per heavy atom. The minimum Gasteiger partial charge on any atom is -0.383 e. The number of carbonyl (C=O) groups excluding carboxylic acids is 1. The van der Waals surface area contributed by atoms with Crippen molar-refractivity contribution in [2.75, 3.05) is 0 Å². The van der Waals surface area contributed by atoms with Crippen LogP contribution in [0.5, 0.6) is 0 Å². The highest BCUT2D eigenvalue weighted by molar-refractivity contribution is 5.86. The molecule has 0 saturated carbocycles. The van der Waals surface area contributed by atoms with Gasteiger partial charge in [0.25, 0.3) is 0 Å². The van der Waals surface area contributed by atoms with Crippen molar-refractivity contribution in [1.82, 2.24) is 0 Å². The van der Waals surface area contributed by atoms with Gasteiger partial charge < -0.3 is 5.11 Å². The number of hydrogen-bond acceptors (Lipinski definition) is 2. The lowest BCUT2D eigenvalue weighted by Crippen LogP contribution is -2.30. The number of aliphatic hydroxyl groups is 1. The quantitative estimate of drug-likeness (QED) is 0.825. The Bertz CT molecular complexity index is 358. The topological polar surface area (TPSA) is 37.3 Å². The molecule has 16 heavy (non-hydrogen) atoms. The molecular weight excluding hydrogens is 200 g/mol. The molecule has 1 rings (SSSR count). The first-order valence-corrected chi connectivity index (χ1v) is 5.47. The fourth-order valence-corrected chi connectivity index (χ4v) is 1.30. The summed E-state index contributed by atoms with van der Waals surface area (Å²) in [5, 5.41) is 9.43. The summed E-state index contributed by atoms with van der Waals surface area (Å²) in [6.45, 7) is 3.05. The van der Waals surface area contributed by atoms with Crippen molar-refractivity contribution in [3.05, 3.63) is 42.0 Å². The van der Waals surface area contributed by atoms with E-state index in [1.54, 1.807) is 0 Å². The smallest absolute Gasteiger partial charge is 0.164 e. The van der Waals surface area contributed by atoms with Gasteiger partial charge in [-0.1, -0.05) is 42.5 Å². The van der Waals surface area contributed by atoms with Crippen LogP contribution in [0.2, 0.25) is 0 Å². The van der Waals surface area contributed by atoms with Crippen molar-refractivity contribution < 1.29 is 9.90 Å². The molecule has 1 aromatic rings. The van der Waals surface area contributed by atoms with Crippen LogP contribution in [-0.2, 0) is 4.79 Å². The van der Waals surface area contributed by atoms with Crippen molar-refractivity contribution in [3.63, 3.8) is 0 Å². The summed E-state index contributed by atoms with van der Waals surface area (Å²) in [7, 11) is 0. The van der Waals surface area contributed by atoms with E-state index in [0.717, 1.165) is 5.56 Å². The first-order valence-electron chi connectivity index (χ1n) is 5.47. The van der Waals surface area contributed by atoms with E-state index < -0.39 is 5.60 Å². The molecule has 0 bridgehead atoms. The monoisotopic (exact) mass is 218 g/mol. The Labute approximate surface area is 96.6 Å². The average molecular weight is 218 g/mol. The molecule has 0 aliphatic rings. The average Bonchev–Trinajstić information content (AvgIpc) is 2.24. The summed E-state index contributed by atoms with van der Waals surface area (Å²) in [5.74, 6) is -0.120. The Morgan fingerprint density at radius 2 is 1.94 bits per heavy atom. The Kier molecular flexibility index (Phi) is 4.44. The number of hydrogen-bond donors (Lipinski definition) is 1. The van der Waals surface area contributed by atoms with Crippen molar-refractivity contribution in [1.29, 1.82) is 0 Å². The second-order valence-corrected chi connectivity index (χ2v) is 4.33. The van der Waals surface area contributed by atoms with Crippen molar-refractivity contribution in [2.24, 2.45) is 0 Å². The fraction of sp³-hybridized carbons (Fsp3) is 0.357. The van der Waals surface area contributed by atoms with Gasteiger partial charge in [-0.2, -0.15) is 0 Å². The van der Waals surface area contributed by atoms with Gasteiger partial charge in [-0.25, -0.2) is 0 Å². The molecule has 0 aliphatic heterocycles. The molecule has 0 amide bonds. The fourth-order valence-electron chi connectivity index (χ4n) is 1.30. The molecule has 0 atom stereocenters. The summed E-state index contributed by atoms with van der Waals surface area (Å²) in [4.78, 5) is 11.4. The normalized spacial score (nSPS) is 11.9. The molecule has 1 aromatic carbocycles. The van der Waals surface area contributed by atoms with Crippen LogP contribution in [0.1, 0.15) is 32.3 Å². The molecule has 0 heterocycles. The zero-order chi connectivity index (χ0) is 12.0. The predicted octanol–water partition coefficient (Wildman–Crippen LogP) is 2.82. The van der Waals surface area contributed by atoms with E-state index in [1.807, 2.05) is 42.5 Å². The zero-order valence-electron chi connectivity index (χ0n) is 9.81. The van der Waals surface area contributed by atoms with Crippen LogP contribution in [0, 0.1) is 0 Å². The second kappa shape index (κ2) is 5.61. The van der Waals surface area contributed by atoms with Crippen LogP contribution in [0.3, 0.4) is 0 Å². The first kappa shape index (κ1) is 12.7. The molecule has 0 radical (unpaired) electrons. The SMILES string of the molecule is CC(C)(O)C(=O)CC/C=C/c1ccccc1. The van der Waals surface area contributed by atoms with Crippen LogP contribution in [-0.4, -0.2) is 16.5 Å². The summed E-state index contributed by atoms with van der Waals surface area (Å²) in [6, 6.07) is 9.93. The number of allylic oxidation sites excluding steroid dienone is 1. The molecule has 86 valence electrons. The molecular formula is C14H18O2. The maximum atomic E-state index is 11.4. The van der Waals surface area contributed by atoms with E-state index in [2.05, 4.69) is 0 Å². The number of carbonyl (C=O) groups is 1. The number of ketones is 1. The van der Waals surface area contributed by atoms with E-state index in [9.17, 15) is 9.90 Å². The highest BCUT2D eigenvalue weighted by Crippen LogP contribution is 2.09. The van der Waals surface area contributed by atoms with Crippen LogP contribution >= 0.6 is 0 Å². The lowest BCUT2D eigenvalue weighted by atomic mass is 9.99. The Balaban J connectivity index is 2.37. The molecule has 1 N–H and O–H groups in total. The Hall–Kier alpha value is -1.41. The summed E-state index contributed by atoms with van der Waals surface area (Å²) < 4.78 is 0. The molecule has 0 spiro atoms. The van der Waals surface area contributed by atoms with Crippen LogP contribution in [0.25, 0.3) is 6.08 Å². The van der Waals surface area contributed by atoms with E-state index in [4.69, 9.17) is 0 Å². The zero-order valence-corrected chi connectivity index (χ0v) is 9.81. The number of benzene rings is 1. The second-order valence-electron chi connectivity index (χ2n) is 4.33. The Morgan fingerprint density at radius 3 is 2.50 bits per heavy atom. The number of rotatable bonds is 5. The summed E-state index contributed by atoms with van der Waals surface area (Å²) in [6.07, 6.45) is 4.99. The van der Waals surface area contributed by atoms with Gasteiger partial charge in [-0.05, 0) is 25.8 Å². The molecule has 0 unspecified atom stereocenters.